The van der Waals surface area contributed by atoms with Crippen molar-refractivity contribution in [3.05, 3.63) is 0 Å². The van der Waals surface area contributed by atoms with Gasteiger partial charge >= 0.3 is 0 Å². The minimum atomic E-state index is 0.259. The molecule has 0 heterocycles. The van der Waals surface area contributed by atoms with Crippen LogP contribution in [0.5, 0.6) is 0 Å². The van der Waals surface area contributed by atoms with E-state index in [0.29, 0.717) is 6.42 Å². The molecule has 0 aromatic rings. The van der Waals surface area contributed by atoms with Crippen LogP contribution in [0.2, 0.25) is 0 Å². The monoisotopic (exact) mass is 453 g/mol. The molecule has 0 atom stereocenters. The third-order valence-corrected chi connectivity index (χ3v) is 6.89. The molecule has 3 heteroatoms. The predicted octanol–water partition coefficient (Wildman–Crippen LogP) is 8.41. The first-order valence-electron chi connectivity index (χ1n) is 14.6. The summed E-state index contributed by atoms with van der Waals surface area (Å²) in [6.07, 6.45) is 27.6. The fraction of sp³-hybridized carbons (Fsp3) is 0.966. The summed E-state index contributed by atoms with van der Waals surface area (Å²) in [6.45, 7) is 7.83. The Morgan fingerprint density at radius 3 is 1.38 bits per heavy atom. The normalized spacial score (nSPS) is 11.8. The van der Waals surface area contributed by atoms with E-state index in [9.17, 15) is 4.79 Å². The summed E-state index contributed by atoms with van der Waals surface area (Å²) in [6, 6.07) is 0. The van der Waals surface area contributed by atoms with Gasteiger partial charge in [0.25, 0.3) is 0 Å². The molecule has 1 amide bonds. The summed E-state index contributed by atoms with van der Waals surface area (Å²) in [5.41, 5.74) is 0. The van der Waals surface area contributed by atoms with Crippen molar-refractivity contribution in [1.29, 1.82) is 0 Å². The maximum Gasteiger partial charge on any atom is 0.219 e. The predicted molar refractivity (Wildman–Crippen MR) is 143 cm³/mol. The van der Waals surface area contributed by atoms with Gasteiger partial charge in [-0.1, -0.05) is 117 Å². The molecule has 0 fully saturated rings. The number of amides is 1. The van der Waals surface area contributed by atoms with Crippen LogP contribution in [-0.2, 0) is 4.79 Å². The van der Waals surface area contributed by atoms with Gasteiger partial charge in [0.2, 0.25) is 5.91 Å². The second-order valence-corrected chi connectivity index (χ2v) is 10.8. The number of hydrogen-bond donors (Lipinski definition) is 1. The van der Waals surface area contributed by atoms with Crippen LogP contribution in [0.3, 0.4) is 0 Å². The standard InChI is InChI=1S/C29H60N2O/c1-5-7-9-11-13-15-16-17-18-20-22-25-29(32)30-26-24-28-31(3,4)27-23-21-19-14-12-10-8-6-2/h5-28H2,1-4H3/p+1. The fourth-order valence-corrected chi connectivity index (χ4v) is 4.56. The molecule has 0 bridgehead atoms. The Bertz CT molecular complexity index is 395. The zero-order chi connectivity index (χ0) is 23.8. The molecule has 3 nitrogen and oxygen atoms in total. The molecule has 1 N–H and O–H groups in total. The summed E-state index contributed by atoms with van der Waals surface area (Å²) < 4.78 is 1.09. The summed E-state index contributed by atoms with van der Waals surface area (Å²) in [5, 5.41) is 3.14. The zero-order valence-corrected chi connectivity index (χ0v) is 22.8. The van der Waals surface area contributed by atoms with Crippen LogP contribution in [0.15, 0.2) is 0 Å². The molecule has 0 saturated heterocycles. The van der Waals surface area contributed by atoms with E-state index in [2.05, 4.69) is 33.3 Å². The minimum absolute atomic E-state index is 0.259. The number of quaternary nitrogens is 1. The Balaban J connectivity index is 3.42. The van der Waals surface area contributed by atoms with E-state index in [0.717, 1.165) is 30.4 Å². The molecule has 0 radical (unpaired) electrons. The molecular formula is C29H61N2O+. The summed E-state index contributed by atoms with van der Waals surface area (Å²) >= 11 is 0. The van der Waals surface area contributed by atoms with Gasteiger partial charge in [0, 0.05) is 19.4 Å². The van der Waals surface area contributed by atoms with E-state index in [1.54, 1.807) is 0 Å². The summed E-state index contributed by atoms with van der Waals surface area (Å²) in [5.74, 6) is 0.259. The van der Waals surface area contributed by atoms with E-state index in [-0.39, 0.29) is 5.91 Å². The van der Waals surface area contributed by atoms with Crippen molar-refractivity contribution in [2.24, 2.45) is 0 Å². The lowest BCUT2D eigenvalue weighted by Crippen LogP contribution is -2.42. The van der Waals surface area contributed by atoms with Gasteiger partial charge in [0.15, 0.2) is 0 Å². The highest BCUT2D eigenvalue weighted by Gasteiger charge is 2.14. The molecule has 32 heavy (non-hydrogen) atoms. The molecule has 0 aromatic heterocycles. The number of hydrogen-bond acceptors (Lipinski definition) is 1. The van der Waals surface area contributed by atoms with Gasteiger partial charge in [-0.05, 0) is 19.3 Å². The molecular weight excluding hydrogens is 392 g/mol. The number of carbonyl (C=O) groups is 1. The Morgan fingerprint density at radius 1 is 0.531 bits per heavy atom. The second kappa shape index (κ2) is 23.6. The van der Waals surface area contributed by atoms with Crippen molar-refractivity contribution in [2.75, 3.05) is 33.7 Å². The topological polar surface area (TPSA) is 29.1 Å². The lowest BCUT2D eigenvalue weighted by atomic mass is 10.1. The van der Waals surface area contributed by atoms with Gasteiger partial charge in [-0.2, -0.15) is 0 Å². The second-order valence-electron chi connectivity index (χ2n) is 10.8. The first kappa shape index (κ1) is 31.4. The number of unbranched alkanes of at least 4 members (excludes halogenated alkanes) is 17. The highest BCUT2D eigenvalue weighted by Crippen LogP contribution is 2.12. The molecule has 0 unspecified atom stereocenters. The highest BCUT2D eigenvalue weighted by atomic mass is 16.1. The van der Waals surface area contributed by atoms with Crippen molar-refractivity contribution in [3.8, 4) is 0 Å². The Labute approximate surface area is 203 Å². The first-order valence-corrected chi connectivity index (χ1v) is 14.6. The van der Waals surface area contributed by atoms with Crippen molar-refractivity contribution < 1.29 is 9.28 Å². The summed E-state index contributed by atoms with van der Waals surface area (Å²) in [7, 11) is 4.68. The molecule has 0 aliphatic rings. The van der Waals surface area contributed by atoms with Crippen LogP contribution in [0, 0.1) is 0 Å². The largest absolute Gasteiger partial charge is 0.356 e. The van der Waals surface area contributed by atoms with E-state index in [1.165, 1.54) is 122 Å². The zero-order valence-electron chi connectivity index (χ0n) is 22.8. The van der Waals surface area contributed by atoms with E-state index >= 15 is 0 Å². The maximum atomic E-state index is 12.0. The van der Waals surface area contributed by atoms with Crippen molar-refractivity contribution in [3.63, 3.8) is 0 Å². The van der Waals surface area contributed by atoms with Gasteiger partial charge in [-0.25, -0.2) is 0 Å². The van der Waals surface area contributed by atoms with E-state index in [4.69, 9.17) is 0 Å². The van der Waals surface area contributed by atoms with Crippen LogP contribution < -0.4 is 5.32 Å². The Kier molecular flexibility index (Phi) is 23.2. The Hall–Kier alpha value is -0.570. The molecule has 0 aromatic carbocycles. The number of nitrogens with zero attached hydrogens (tertiary/aromatic N) is 1. The molecule has 0 aliphatic carbocycles. The average Bonchev–Trinajstić information content (AvgIpc) is 2.77. The number of nitrogens with one attached hydrogen (secondary N) is 1. The van der Waals surface area contributed by atoms with Crippen LogP contribution >= 0.6 is 0 Å². The van der Waals surface area contributed by atoms with E-state index < -0.39 is 0 Å². The third kappa shape index (κ3) is 24.1. The molecule has 0 saturated carbocycles. The molecule has 0 rings (SSSR count). The quantitative estimate of drug-likeness (QED) is 0.109. The lowest BCUT2D eigenvalue weighted by molar-refractivity contribution is -0.890. The van der Waals surface area contributed by atoms with Gasteiger partial charge in [-0.15, -0.1) is 0 Å². The summed E-state index contributed by atoms with van der Waals surface area (Å²) in [4.78, 5) is 12.0. The van der Waals surface area contributed by atoms with Gasteiger partial charge in [-0.3, -0.25) is 4.79 Å². The molecule has 0 aliphatic heterocycles. The Morgan fingerprint density at radius 2 is 0.906 bits per heavy atom. The minimum Gasteiger partial charge on any atom is -0.356 e. The van der Waals surface area contributed by atoms with Gasteiger partial charge < -0.3 is 9.80 Å². The fourth-order valence-electron chi connectivity index (χ4n) is 4.56. The lowest BCUT2D eigenvalue weighted by Gasteiger charge is -2.30. The average molecular weight is 454 g/mol. The van der Waals surface area contributed by atoms with Gasteiger partial charge in [0.1, 0.15) is 0 Å². The molecule has 192 valence electrons. The first-order chi connectivity index (χ1) is 15.5. The van der Waals surface area contributed by atoms with Crippen molar-refractivity contribution in [2.45, 2.75) is 149 Å². The van der Waals surface area contributed by atoms with Crippen LogP contribution in [-0.4, -0.2) is 44.1 Å². The number of rotatable bonds is 25. The van der Waals surface area contributed by atoms with E-state index in [1.807, 2.05) is 0 Å². The van der Waals surface area contributed by atoms with Crippen LogP contribution in [0.1, 0.15) is 149 Å². The molecule has 0 spiro atoms. The van der Waals surface area contributed by atoms with Crippen LogP contribution in [0.4, 0.5) is 0 Å². The third-order valence-electron chi connectivity index (χ3n) is 6.89. The van der Waals surface area contributed by atoms with Gasteiger partial charge in [0.05, 0.1) is 27.2 Å². The van der Waals surface area contributed by atoms with Crippen molar-refractivity contribution >= 4 is 5.91 Å². The SMILES string of the molecule is CCCCCCCCCCCCCC(=O)NCCC[N+](C)(C)CCCCCCCCCC. The van der Waals surface area contributed by atoms with Crippen molar-refractivity contribution in [1.82, 2.24) is 5.32 Å². The highest BCUT2D eigenvalue weighted by molar-refractivity contribution is 5.75. The number of carbonyl (C=O) groups excluding carboxylic acids is 1. The van der Waals surface area contributed by atoms with Crippen LogP contribution in [0.25, 0.3) is 0 Å². The maximum absolute atomic E-state index is 12.0. The smallest absolute Gasteiger partial charge is 0.219 e.